The van der Waals surface area contributed by atoms with Crippen LogP contribution in [0.1, 0.15) is 75.3 Å². The fourth-order valence-electron chi connectivity index (χ4n) is 4.10. The number of rotatable bonds is 8. The minimum absolute atomic E-state index is 0.178. The van der Waals surface area contributed by atoms with Crippen molar-refractivity contribution in [2.75, 3.05) is 0 Å². The molecule has 0 unspecified atom stereocenters. The summed E-state index contributed by atoms with van der Waals surface area (Å²) in [5.74, 6) is 0. The zero-order chi connectivity index (χ0) is 24.6. The van der Waals surface area contributed by atoms with Crippen LogP contribution in [-0.2, 0) is 28.8 Å². The third kappa shape index (κ3) is 6.55. The standard InChI is InChI=1S/C22H26N4O6S2/c23-15-21(25-31-33(27,28)19-10-3-1-4-11-19)17-8-7-9-18(14-17)22(16-24)26-32-34(29,30)20-12-5-2-6-13-20/h7-9,14,19-20H,1-6,10-13H2. The lowest BCUT2D eigenvalue weighted by atomic mass is 10.0. The highest BCUT2D eigenvalue weighted by molar-refractivity contribution is 7.87. The van der Waals surface area contributed by atoms with Gasteiger partial charge in [-0.2, -0.15) is 27.4 Å². The lowest BCUT2D eigenvalue weighted by Crippen LogP contribution is -2.25. The van der Waals surface area contributed by atoms with Gasteiger partial charge in [0.2, 0.25) is 0 Å². The van der Waals surface area contributed by atoms with Gasteiger partial charge in [-0.25, -0.2) is 0 Å². The van der Waals surface area contributed by atoms with Crippen LogP contribution in [0.5, 0.6) is 0 Å². The monoisotopic (exact) mass is 506 g/mol. The minimum Gasteiger partial charge on any atom is -0.267 e. The zero-order valence-corrected chi connectivity index (χ0v) is 20.2. The van der Waals surface area contributed by atoms with Gasteiger partial charge in [0.25, 0.3) is 0 Å². The predicted molar refractivity (Wildman–Crippen MR) is 124 cm³/mol. The summed E-state index contributed by atoms with van der Waals surface area (Å²) in [6.45, 7) is 0. The Balaban J connectivity index is 1.78. The van der Waals surface area contributed by atoms with Crippen LogP contribution in [0.4, 0.5) is 0 Å². The van der Waals surface area contributed by atoms with E-state index in [4.69, 9.17) is 8.57 Å². The molecule has 0 bridgehead atoms. The van der Waals surface area contributed by atoms with Gasteiger partial charge in [0, 0.05) is 11.1 Å². The molecule has 2 fully saturated rings. The molecule has 0 saturated heterocycles. The van der Waals surface area contributed by atoms with Crippen molar-refractivity contribution in [1.82, 2.24) is 0 Å². The van der Waals surface area contributed by atoms with Crippen molar-refractivity contribution in [3.05, 3.63) is 35.4 Å². The Morgan fingerprint density at radius 2 is 1.12 bits per heavy atom. The molecular weight excluding hydrogens is 480 g/mol. The van der Waals surface area contributed by atoms with E-state index >= 15 is 0 Å². The Bertz CT molecular complexity index is 1140. The van der Waals surface area contributed by atoms with Crippen LogP contribution in [0.3, 0.4) is 0 Å². The molecule has 2 aliphatic rings. The van der Waals surface area contributed by atoms with E-state index in [-0.39, 0.29) is 22.6 Å². The average Bonchev–Trinajstić information content (AvgIpc) is 2.86. The molecule has 34 heavy (non-hydrogen) atoms. The fourth-order valence-corrected chi connectivity index (χ4v) is 6.52. The molecule has 3 rings (SSSR count). The van der Waals surface area contributed by atoms with Crippen LogP contribution >= 0.6 is 0 Å². The third-order valence-electron chi connectivity index (χ3n) is 6.01. The van der Waals surface area contributed by atoms with Crippen molar-refractivity contribution < 1.29 is 25.4 Å². The van der Waals surface area contributed by atoms with Gasteiger partial charge in [0.1, 0.15) is 12.1 Å². The molecule has 1 aromatic carbocycles. The SMILES string of the molecule is N#CC(=NOS(=O)(=O)C1CCCCC1)c1cccc(C(C#N)=NOS(=O)(=O)C2CCCCC2)c1. The van der Waals surface area contributed by atoms with Gasteiger partial charge in [-0.1, -0.05) is 67.0 Å². The topological polar surface area (TPSA) is 159 Å². The second-order valence-electron chi connectivity index (χ2n) is 8.34. The van der Waals surface area contributed by atoms with Crippen molar-refractivity contribution in [2.45, 2.75) is 74.7 Å². The smallest absolute Gasteiger partial charge is 0.267 e. The van der Waals surface area contributed by atoms with E-state index in [1.807, 2.05) is 0 Å². The summed E-state index contributed by atoms with van der Waals surface area (Å²) in [6.07, 6.45) is 7.06. The number of benzene rings is 1. The molecule has 10 nitrogen and oxygen atoms in total. The number of hydrogen-bond donors (Lipinski definition) is 0. The minimum atomic E-state index is -3.96. The summed E-state index contributed by atoms with van der Waals surface area (Å²) in [4.78, 5) is 0. The number of oxime groups is 2. The largest absolute Gasteiger partial charge is 0.331 e. The van der Waals surface area contributed by atoms with Crippen LogP contribution in [-0.4, -0.2) is 38.8 Å². The molecule has 0 radical (unpaired) electrons. The molecule has 1 aromatic rings. The Kier molecular flexibility index (Phi) is 8.64. The van der Waals surface area contributed by atoms with Crippen molar-refractivity contribution in [1.29, 1.82) is 10.5 Å². The van der Waals surface area contributed by atoms with Crippen molar-refractivity contribution in [3.8, 4) is 12.1 Å². The van der Waals surface area contributed by atoms with Crippen molar-refractivity contribution in [3.63, 3.8) is 0 Å². The molecule has 0 aromatic heterocycles. The van der Waals surface area contributed by atoms with Gasteiger partial charge in [-0.05, 0) is 31.7 Å². The van der Waals surface area contributed by atoms with Gasteiger partial charge in [0.05, 0.1) is 10.5 Å². The van der Waals surface area contributed by atoms with Gasteiger partial charge < -0.3 is 0 Å². The highest BCUT2D eigenvalue weighted by Crippen LogP contribution is 2.26. The third-order valence-corrected chi connectivity index (χ3v) is 9.15. The maximum absolute atomic E-state index is 12.4. The van der Waals surface area contributed by atoms with E-state index < -0.39 is 30.7 Å². The molecule has 0 amide bonds. The predicted octanol–water partition coefficient (Wildman–Crippen LogP) is 3.50. The Labute approximate surface area is 200 Å². The lowest BCUT2D eigenvalue weighted by molar-refractivity contribution is 0.321. The molecule has 12 heteroatoms. The quantitative estimate of drug-likeness (QED) is 0.382. The molecule has 182 valence electrons. The number of nitriles is 2. The van der Waals surface area contributed by atoms with E-state index in [1.54, 1.807) is 12.1 Å². The summed E-state index contributed by atoms with van der Waals surface area (Å²) >= 11 is 0. The Morgan fingerprint density at radius 1 is 0.735 bits per heavy atom. The van der Waals surface area contributed by atoms with Crippen LogP contribution in [0, 0.1) is 22.7 Å². The van der Waals surface area contributed by atoms with Crippen LogP contribution in [0.25, 0.3) is 0 Å². The summed E-state index contributed by atoms with van der Waals surface area (Å²) < 4.78 is 59.2. The van der Waals surface area contributed by atoms with E-state index in [0.717, 1.165) is 38.5 Å². The summed E-state index contributed by atoms with van der Waals surface area (Å²) in [7, 11) is -7.93. The summed E-state index contributed by atoms with van der Waals surface area (Å²) in [6, 6.07) is 9.40. The molecule has 0 heterocycles. The fraction of sp³-hybridized carbons (Fsp3) is 0.545. The molecule has 0 aliphatic heterocycles. The first-order chi connectivity index (χ1) is 16.3. The summed E-state index contributed by atoms with van der Waals surface area (Å²) in [5, 5.41) is 24.7. The van der Waals surface area contributed by atoms with Gasteiger partial charge in [0.15, 0.2) is 11.4 Å². The van der Waals surface area contributed by atoms with Crippen molar-refractivity contribution in [2.24, 2.45) is 10.3 Å². The normalized spacial score (nSPS) is 19.1. The van der Waals surface area contributed by atoms with Crippen LogP contribution in [0.2, 0.25) is 0 Å². The molecule has 2 aliphatic carbocycles. The molecule has 2 saturated carbocycles. The van der Waals surface area contributed by atoms with E-state index in [2.05, 4.69) is 10.3 Å². The lowest BCUT2D eigenvalue weighted by Gasteiger charge is -2.19. The van der Waals surface area contributed by atoms with E-state index in [9.17, 15) is 27.4 Å². The zero-order valence-electron chi connectivity index (χ0n) is 18.6. The van der Waals surface area contributed by atoms with Gasteiger partial charge in [-0.3, -0.25) is 8.57 Å². The molecular formula is C22H26N4O6S2. The van der Waals surface area contributed by atoms with Gasteiger partial charge in [-0.15, -0.1) is 0 Å². The number of nitrogens with zero attached hydrogens (tertiary/aromatic N) is 4. The van der Waals surface area contributed by atoms with E-state index in [1.165, 1.54) is 24.3 Å². The average molecular weight is 507 g/mol. The maximum Gasteiger partial charge on any atom is 0.331 e. The van der Waals surface area contributed by atoms with Crippen LogP contribution < -0.4 is 0 Å². The Morgan fingerprint density at radius 3 is 1.47 bits per heavy atom. The maximum atomic E-state index is 12.4. The number of hydrogen-bond acceptors (Lipinski definition) is 10. The first-order valence-corrected chi connectivity index (χ1v) is 14.1. The highest BCUT2D eigenvalue weighted by Gasteiger charge is 2.30. The van der Waals surface area contributed by atoms with E-state index in [0.29, 0.717) is 25.7 Å². The van der Waals surface area contributed by atoms with Crippen molar-refractivity contribution >= 4 is 31.7 Å². The van der Waals surface area contributed by atoms with Crippen LogP contribution in [0.15, 0.2) is 34.6 Å². The second-order valence-corrected chi connectivity index (χ2v) is 11.9. The first-order valence-electron chi connectivity index (χ1n) is 11.2. The Hall–Kier alpha value is -2.96. The van der Waals surface area contributed by atoms with Gasteiger partial charge >= 0.3 is 20.2 Å². The summed E-state index contributed by atoms with van der Waals surface area (Å²) in [5.41, 5.74) is -0.266. The highest BCUT2D eigenvalue weighted by atomic mass is 32.2. The first kappa shape index (κ1) is 25.7. The molecule has 0 N–H and O–H groups in total. The second kappa shape index (κ2) is 11.4. The molecule has 0 atom stereocenters. The molecule has 0 spiro atoms.